The van der Waals surface area contributed by atoms with Gasteiger partial charge in [0.1, 0.15) is 0 Å². The van der Waals surface area contributed by atoms with E-state index >= 15 is 0 Å². The van der Waals surface area contributed by atoms with E-state index in [1.54, 1.807) is 0 Å². The van der Waals surface area contributed by atoms with Gasteiger partial charge in [0.25, 0.3) is 12.6 Å². The van der Waals surface area contributed by atoms with Crippen LogP contribution in [0.1, 0.15) is 22.3 Å². The minimum Gasteiger partial charge on any atom is -0.505 e. The number of hydrogen-bond acceptors (Lipinski definition) is 0. The van der Waals surface area contributed by atoms with Crippen molar-refractivity contribution in [2.45, 2.75) is 0 Å². The van der Waals surface area contributed by atoms with E-state index in [9.17, 15) is 0 Å². The summed E-state index contributed by atoms with van der Waals surface area (Å²) in [6, 6.07) is 82.0. The Hall–Kier alpha value is -6.45. The summed E-state index contributed by atoms with van der Waals surface area (Å²) in [4.78, 5) is 0. The largest absolute Gasteiger partial charge is 0.505 e. The maximum Gasteiger partial charge on any atom is 0.292 e. The maximum atomic E-state index is 2.46. The molecule has 2 aliphatic heterocycles. The summed E-state index contributed by atoms with van der Waals surface area (Å²) in [5, 5.41) is 2.53. The van der Waals surface area contributed by atoms with Gasteiger partial charge in [0.05, 0.1) is 13.1 Å². The van der Waals surface area contributed by atoms with Crippen LogP contribution in [0.5, 0.6) is 0 Å². The molecule has 0 aliphatic carbocycles. The summed E-state index contributed by atoms with van der Waals surface area (Å²) in [6.45, 7) is 1.84. The zero-order chi connectivity index (χ0) is 41.0. The van der Waals surface area contributed by atoms with E-state index in [1.165, 1.54) is 77.0 Å². The lowest BCUT2D eigenvalue weighted by Crippen LogP contribution is -2.75. The van der Waals surface area contributed by atoms with Crippen LogP contribution < -0.4 is 21.9 Å². The molecule has 8 aromatic rings. The molecular weight excluding hydrogens is 722 g/mol. The number of hydrogen-bond donors (Lipinski definition) is 0. The molecule has 0 unspecified atom stereocenters. The van der Waals surface area contributed by atoms with Gasteiger partial charge >= 0.3 is 0 Å². The first-order valence-electron chi connectivity index (χ1n) is 21.6. The smallest absolute Gasteiger partial charge is 0.292 e. The average molecular weight is 775 g/mol. The first-order chi connectivity index (χ1) is 29.3. The first kappa shape index (κ1) is 37.8. The zero-order valence-corrected chi connectivity index (χ0v) is 35.2. The van der Waals surface area contributed by atoms with Crippen molar-refractivity contribution in [1.29, 1.82) is 0 Å². The highest BCUT2D eigenvalue weighted by atomic mass is 15.3. The Bertz CT molecular complexity index is 2610. The van der Waals surface area contributed by atoms with Gasteiger partial charge in [0.15, 0.2) is 0 Å². The van der Waals surface area contributed by atoms with Crippen molar-refractivity contribution in [1.82, 2.24) is 0 Å². The molecule has 0 bridgehead atoms. The molecule has 2 aliphatic rings. The molecular formula is C56H52B2N2. The van der Waals surface area contributed by atoms with Crippen molar-refractivity contribution in [3.63, 3.8) is 0 Å². The molecule has 4 heteroatoms. The van der Waals surface area contributed by atoms with Crippen molar-refractivity contribution in [2.24, 2.45) is 0 Å². The normalized spacial score (nSPS) is 17.6. The van der Waals surface area contributed by atoms with Gasteiger partial charge < -0.3 is 8.79 Å². The molecule has 2 nitrogen and oxygen atoms in total. The van der Waals surface area contributed by atoms with Crippen LogP contribution in [-0.4, -0.2) is 62.6 Å². The Morgan fingerprint density at radius 2 is 0.567 bits per heavy atom. The second-order valence-electron chi connectivity index (χ2n) is 18.5. The summed E-state index contributed by atoms with van der Waals surface area (Å²) in [7, 11) is 9.76. The van der Waals surface area contributed by atoms with Crippen molar-refractivity contribution < 1.29 is 8.79 Å². The number of nitrogens with zero attached hydrogens (tertiary/aromatic N) is 2. The molecule has 292 valence electrons. The lowest BCUT2D eigenvalue weighted by molar-refractivity contribution is -0.775. The Balaban J connectivity index is 1.19. The van der Waals surface area contributed by atoms with E-state index in [4.69, 9.17) is 0 Å². The van der Waals surface area contributed by atoms with Crippen LogP contribution in [-0.2, 0) is 0 Å². The molecule has 0 atom stereocenters. The van der Waals surface area contributed by atoms with Crippen LogP contribution in [0.25, 0.3) is 32.9 Å². The zero-order valence-electron chi connectivity index (χ0n) is 35.2. The number of fused-ring (bicyclic) bond motifs is 1. The molecule has 0 aromatic heterocycles. The number of rotatable bonds is 8. The molecule has 0 spiro atoms. The second-order valence-corrected chi connectivity index (χ2v) is 18.5. The molecule has 0 fully saturated rings. The van der Waals surface area contributed by atoms with Gasteiger partial charge in [-0.15, -0.1) is 32.8 Å². The Kier molecular flexibility index (Phi) is 9.24. The Labute approximate surface area is 356 Å². The summed E-state index contributed by atoms with van der Waals surface area (Å²) in [6.07, 6.45) is -2.83. The molecule has 10 rings (SSSR count). The van der Waals surface area contributed by atoms with Crippen LogP contribution in [0.15, 0.2) is 218 Å². The lowest BCUT2D eigenvalue weighted by Gasteiger charge is -2.53. The minimum absolute atomic E-state index is 0.835. The van der Waals surface area contributed by atoms with Gasteiger partial charge in [-0.05, 0) is 45.2 Å². The second kappa shape index (κ2) is 14.7. The number of quaternary nitrogens is 2. The monoisotopic (exact) mass is 774 g/mol. The number of likely N-dealkylation sites (N-methyl/N-ethyl adjacent to an activating group) is 2. The van der Waals surface area contributed by atoms with Crippen molar-refractivity contribution in [2.75, 3.05) is 41.3 Å². The molecule has 0 saturated heterocycles. The van der Waals surface area contributed by atoms with Gasteiger partial charge in [-0.25, -0.2) is 0 Å². The van der Waals surface area contributed by atoms with Crippen LogP contribution in [0.3, 0.4) is 0 Å². The summed E-state index contributed by atoms with van der Waals surface area (Å²) < 4.78 is 1.67. The van der Waals surface area contributed by atoms with Gasteiger partial charge in [0, 0.05) is 28.2 Å². The van der Waals surface area contributed by atoms with E-state index < -0.39 is 12.6 Å². The predicted molar refractivity (Wildman–Crippen MR) is 260 cm³/mol. The van der Waals surface area contributed by atoms with Crippen molar-refractivity contribution in [3.8, 4) is 0 Å². The molecule has 0 saturated carbocycles. The maximum absolute atomic E-state index is 2.46. The standard InChI is InChI=1S/C56H52B2N2/c1-59(2)41-53(55(43-23-11-5-12-24-43)57(59,49-27-15-7-16-28-49)50-29-17-8-18-30-50)47-37-35-46-40-48(38-36-45(46)39-47)54-42-60(3,4)58(51-31-19-9-20-32-51,52-33-21-10-22-34-52)56(54)44-25-13-6-14-26-44/h5-40H,41-42H2,1-4H3. The number of benzene rings is 8. The first-order valence-corrected chi connectivity index (χ1v) is 21.6. The van der Waals surface area contributed by atoms with Gasteiger partial charge in [0.2, 0.25) is 0 Å². The average Bonchev–Trinajstić information content (AvgIpc) is 3.71. The van der Waals surface area contributed by atoms with E-state index in [-0.39, 0.29) is 0 Å². The predicted octanol–water partition coefficient (Wildman–Crippen LogP) is 9.44. The van der Waals surface area contributed by atoms with Crippen LogP contribution >= 0.6 is 0 Å². The molecule has 0 amide bonds. The fourth-order valence-electron chi connectivity index (χ4n) is 12.2. The molecule has 0 radical (unpaired) electrons. The summed E-state index contributed by atoms with van der Waals surface area (Å²) in [5.74, 6) is 0. The molecule has 2 heterocycles. The van der Waals surface area contributed by atoms with Gasteiger partial charge in [-0.2, -0.15) is 0 Å². The van der Waals surface area contributed by atoms with Crippen LogP contribution in [0.4, 0.5) is 0 Å². The van der Waals surface area contributed by atoms with E-state index in [1.807, 2.05) is 0 Å². The third-order valence-electron chi connectivity index (χ3n) is 14.5. The van der Waals surface area contributed by atoms with Crippen LogP contribution in [0, 0.1) is 0 Å². The topological polar surface area (TPSA) is 0 Å². The van der Waals surface area contributed by atoms with E-state index in [0.29, 0.717) is 0 Å². The van der Waals surface area contributed by atoms with Crippen molar-refractivity contribution in [3.05, 3.63) is 241 Å². The van der Waals surface area contributed by atoms with Crippen LogP contribution in [0.2, 0.25) is 0 Å². The van der Waals surface area contributed by atoms with Crippen molar-refractivity contribution >= 4 is 67.3 Å². The van der Waals surface area contributed by atoms with E-state index in [2.05, 4.69) is 247 Å². The molecule has 0 N–H and O–H groups in total. The molecule has 8 aromatic carbocycles. The third kappa shape index (κ3) is 5.74. The van der Waals surface area contributed by atoms with Gasteiger partial charge in [-0.3, -0.25) is 0 Å². The van der Waals surface area contributed by atoms with E-state index in [0.717, 1.165) is 21.9 Å². The fourth-order valence-corrected chi connectivity index (χ4v) is 12.2. The summed E-state index contributed by atoms with van der Waals surface area (Å²) >= 11 is 0. The highest BCUT2D eigenvalue weighted by Gasteiger charge is 2.55. The molecule has 60 heavy (non-hydrogen) atoms. The van der Waals surface area contributed by atoms with Gasteiger partial charge in [-0.1, -0.05) is 217 Å². The summed E-state index contributed by atoms with van der Waals surface area (Å²) in [5.41, 5.74) is 16.4. The quantitative estimate of drug-likeness (QED) is 0.135. The SMILES string of the molecule is C[N+]1(C)CC(c2ccc3cc(C4=C(c5ccccc5)[B-](c5ccccc5)(c5ccccc5)[N+](C)(C)C4)ccc3c2)=C(c2ccccc2)[B-]1(c1ccccc1)c1ccccc1. The fraction of sp³-hybridized carbons (Fsp3) is 0.107. The Morgan fingerprint density at radius 3 is 0.850 bits per heavy atom. The lowest BCUT2D eigenvalue weighted by atomic mass is 9.21. The highest BCUT2D eigenvalue weighted by Crippen LogP contribution is 2.47. The highest BCUT2D eigenvalue weighted by molar-refractivity contribution is 7.12. The minimum atomic E-state index is -1.42. The third-order valence-corrected chi connectivity index (χ3v) is 14.5. The Morgan fingerprint density at radius 1 is 0.300 bits per heavy atom.